The van der Waals surface area contributed by atoms with Crippen molar-refractivity contribution in [2.75, 3.05) is 0 Å². The zero-order valence-electron chi connectivity index (χ0n) is 23.4. The minimum absolute atomic E-state index is 0.495. The summed E-state index contributed by atoms with van der Waals surface area (Å²) in [6.45, 7) is 6.77. The van der Waals surface area contributed by atoms with E-state index in [1.54, 1.807) is 0 Å². The molecule has 0 N–H and O–H groups in total. The van der Waals surface area contributed by atoms with E-state index in [4.69, 9.17) is 17.0 Å². The summed E-state index contributed by atoms with van der Waals surface area (Å²) in [5.74, 6) is 0.495. The van der Waals surface area contributed by atoms with Crippen molar-refractivity contribution in [2.45, 2.75) is 26.7 Å². The van der Waals surface area contributed by atoms with Crippen LogP contribution < -0.4 is 10.4 Å². The normalized spacial score (nSPS) is 11.1. The third-order valence-corrected chi connectivity index (χ3v) is 8.77. The van der Waals surface area contributed by atoms with Gasteiger partial charge in [-0.05, 0) is 29.5 Å². The molecule has 0 bridgehead atoms. The van der Waals surface area contributed by atoms with Gasteiger partial charge in [-0.3, -0.25) is 0 Å². The van der Waals surface area contributed by atoms with Crippen LogP contribution in [0.1, 0.15) is 30.9 Å². The molecule has 6 aromatic rings. The Balaban J connectivity index is 0.000000175. The van der Waals surface area contributed by atoms with Crippen LogP contribution in [0.2, 0.25) is 0 Å². The van der Waals surface area contributed by atoms with Crippen LogP contribution in [0.5, 0.6) is 0 Å². The van der Waals surface area contributed by atoms with Crippen LogP contribution >= 0.6 is 17.0 Å². The number of halogens is 2. The number of hydrogen-bond donors (Lipinski definition) is 0. The van der Waals surface area contributed by atoms with Gasteiger partial charge in [0.25, 0.3) is 0 Å². The summed E-state index contributed by atoms with van der Waals surface area (Å²) in [5, 5.41) is 5.50. The molecule has 0 fully saturated rings. The quantitative estimate of drug-likeness (QED) is 0.130. The van der Waals surface area contributed by atoms with Crippen molar-refractivity contribution in [3.63, 3.8) is 0 Å². The van der Waals surface area contributed by atoms with Gasteiger partial charge in [0, 0.05) is 0 Å². The van der Waals surface area contributed by atoms with Gasteiger partial charge >= 0.3 is 37.9 Å². The van der Waals surface area contributed by atoms with E-state index in [-0.39, 0.29) is 0 Å². The first-order valence-corrected chi connectivity index (χ1v) is 21.0. The molecule has 0 nitrogen and oxygen atoms in total. The summed E-state index contributed by atoms with van der Waals surface area (Å²) in [5.41, 5.74) is 10.8. The van der Waals surface area contributed by atoms with Gasteiger partial charge in [-0.25, -0.2) is 0 Å². The Kier molecular flexibility index (Phi) is 10.2. The van der Waals surface area contributed by atoms with Crippen molar-refractivity contribution < 1.29 is 20.8 Å². The van der Waals surface area contributed by atoms with Gasteiger partial charge in [-0.1, -0.05) is 121 Å². The summed E-state index contributed by atoms with van der Waals surface area (Å²) in [6.07, 6.45) is 0. The molecule has 41 heavy (non-hydrogen) atoms. The molecule has 4 heteroatoms. The van der Waals surface area contributed by atoms with Crippen molar-refractivity contribution in [3.05, 3.63) is 139 Å². The van der Waals surface area contributed by atoms with E-state index in [0.29, 0.717) is 5.92 Å². The van der Waals surface area contributed by atoms with Gasteiger partial charge in [0.05, 0.1) is 9.52 Å². The molecule has 0 atom stereocenters. The van der Waals surface area contributed by atoms with Crippen LogP contribution in [0.15, 0.2) is 121 Å². The van der Waals surface area contributed by atoms with E-state index < -0.39 is 20.8 Å². The summed E-state index contributed by atoms with van der Waals surface area (Å²) < 4.78 is 0. The van der Waals surface area contributed by atoms with Crippen molar-refractivity contribution >= 4 is 47.7 Å². The Labute approximate surface area is 265 Å². The van der Waals surface area contributed by atoms with E-state index in [0.717, 1.165) is 9.52 Å². The molecule has 6 aromatic carbocycles. The minimum atomic E-state index is -0.826. The molecular weight excluding hydrogens is 635 g/mol. The first-order chi connectivity index (χ1) is 20.0. The summed E-state index contributed by atoms with van der Waals surface area (Å²) >= 11 is -0.826. The molecule has 0 amide bonds. The predicted molar refractivity (Wildman–Crippen MR) is 177 cm³/mol. The van der Waals surface area contributed by atoms with Gasteiger partial charge in [-0.2, -0.15) is 29.5 Å². The van der Waals surface area contributed by atoms with E-state index in [1.165, 1.54) is 65.7 Å². The van der Waals surface area contributed by atoms with Gasteiger partial charge < -0.3 is 0 Å². The standard InChI is InChI=1S/C25H23.C12H7Si.2ClH.Zr/c1-17(2)22-14-13-20-15-21(19-10-5-4-6-11-19)16-24(20)25(22)23-12-8-7-9-18(23)3;1-3-7-11-9(5-1)10-6-2-4-8-12(10)13-11;;;/h4-17H,1-3H3;1-7H;2*1H;/q2*-1;;;+4/p-2. The first kappa shape index (κ1) is 29.9. The van der Waals surface area contributed by atoms with Gasteiger partial charge in [0.1, 0.15) is 0 Å². The van der Waals surface area contributed by atoms with Crippen LogP contribution in [0.3, 0.4) is 0 Å². The number of benzene rings is 5. The molecule has 0 saturated heterocycles. The SMILES string of the molecule is Cc1ccccc1-c1c(C(C)C)ccc2[cH-]c(-c3ccccc3)cc12.[Cl][Zr+2][Cl].[c-]1cccc2c1[Si]c1ccccc1-2. The molecule has 200 valence electrons. The van der Waals surface area contributed by atoms with Gasteiger partial charge in [0.2, 0.25) is 0 Å². The molecule has 0 spiro atoms. The Morgan fingerprint density at radius 3 is 2.15 bits per heavy atom. The summed E-state index contributed by atoms with van der Waals surface area (Å²) in [7, 11) is 10.7. The first-order valence-electron chi connectivity index (χ1n) is 13.7. The predicted octanol–water partition coefficient (Wildman–Crippen LogP) is 9.82. The fraction of sp³-hybridized carbons (Fsp3) is 0.108. The third-order valence-electron chi connectivity index (χ3n) is 7.40. The topological polar surface area (TPSA) is 0 Å². The average Bonchev–Trinajstić information content (AvgIpc) is 3.60. The fourth-order valence-corrected chi connectivity index (χ4v) is 6.77. The number of rotatable bonds is 3. The van der Waals surface area contributed by atoms with Crippen LogP contribution in [0.4, 0.5) is 0 Å². The summed E-state index contributed by atoms with van der Waals surface area (Å²) in [4.78, 5) is 0. The van der Waals surface area contributed by atoms with E-state index >= 15 is 0 Å². The van der Waals surface area contributed by atoms with Gasteiger partial charge in [-0.15, -0.1) is 40.1 Å². The smallest absolute Gasteiger partial charge is 0.0920 e. The molecule has 0 aromatic heterocycles. The number of hydrogen-bond acceptors (Lipinski definition) is 0. The molecular formula is C37H30Cl2SiZr. The van der Waals surface area contributed by atoms with Crippen LogP contribution in [0.25, 0.3) is 44.2 Å². The minimum Gasteiger partial charge on any atom is -0.184 e. The monoisotopic (exact) mass is 662 g/mol. The van der Waals surface area contributed by atoms with Crippen molar-refractivity contribution in [1.29, 1.82) is 0 Å². The van der Waals surface area contributed by atoms with Crippen LogP contribution in [-0.4, -0.2) is 9.52 Å². The van der Waals surface area contributed by atoms with Crippen molar-refractivity contribution in [2.24, 2.45) is 0 Å². The second-order valence-corrected chi connectivity index (χ2v) is 15.3. The molecule has 0 saturated carbocycles. The zero-order valence-corrected chi connectivity index (χ0v) is 28.4. The average molecular weight is 665 g/mol. The number of aryl methyl sites for hydroxylation is 1. The fourth-order valence-electron chi connectivity index (χ4n) is 5.46. The Morgan fingerprint density at radius 2 is 1.41 bits per heavy atom. The molecule has 0 aliphatic carbocycles. The molecule has 1 heterocycles. The molecule has 0 unspecified atom stereocenters. The third kappa shape index (κ3) is 6.73. The Bertz CT molecular complexity index is 1710. The van der Waals surface area contributed by atoms with E-state index in [9.17, 15) is 0 Å². The van der Waals surface area contributed by atoms with Crippen LogP contribution in [0, 0.1) is 13.0 Å². The van der Waals surface area contributed by atoms with Crippen molar-refractivity contribution in [3.8, 4) is 33.4 Å². The summed E-state index contributed by atoms with van der Waals surface area (Å²) in [6, 6.07) is 46.8. The molecule has 1 aliphatic heterocycles. The molecule has 7 rings (SSSR count). The van der Waals surface area contributed by atoms with Crippen LogP contribution in [-0.2, 0) is 20.8 Å². The largest absolute Gasteiger partial charge is 0.184 e. The molecule has 2 radical (unpaired) electrons. The van der Waals surface area contributed by atoms with Crippen molar-refractivity contribution in [1.82, 2.24) is 0 Å². The zero-order chi connectivity index (χ0) is 28.8. The second kappa shape index (κ2) is 14.0. The maximum Gasteiger partial charge on any atom is 0.0920 e. The van der Waals surface area contributed by atoms with Gasteiger partial charge in [0.15, 0.2) is 0 Å². The number of fused-ring (bicyclic) bond motifs is 4. The van der Waals surface area contributed by atoms with E-state index in [2.05, 4.69) is 142 Å². The maximum absolute atomic E-state index is 4.93. The van der Waals surface area contributed by atoms with E-state index in [1.807, 2.05) is 6.07 Å². The second-order valence-electron chi connectivity index (χ2n) is 10.3. The maximum atomic E-state index is 4.93. The Morgan fingerprint density at radius 1 is 0.756 bits per heavy atom. The molecule has 1 aliphatic rings. The Hall–Kier alpha value is -2.61.